The van der Waals surface area contributed by atoms with Crippen LogP contribution in [-0.2, 0) is 5.88 Å². The summed E-state index contributed by atoms with van der Waals surface area (Å²) < 4.78 is 12.9. The van der Waals surface area contributed by atoms with Crippen LogP contribution < -0.4 is 4.90 Å². The van der Waals surface area contributed by atoms with Gasteiger partial charge in [-0.1, -0.05) is 6.07 Å². The number of nitro groups is 1. The molecule has 0 aliphatic heterocycles. The molecule has 20 heavy (non-hydrogen) atoms. The first-order valence-electron chi connectivity index (χ1n) is 5.85. The topological polar surface area (TPSA) is 46.4 Å². The third-order valence-corrected chi connectivity index (χ3v) is 3.27. The lowest BCUT2D eigenvalue weighted by Gasteiger charge is -2.19. The molecule has 0 unspecified atom stereocenters. The lowest BCUT2D eigenvalue weighted by Crippen LogP contribution is -2.11. The van der Waals surface area contributed by atoms with E-state index >= 15 is 0 Å². The Morgan fingerprint density at radius 2 is 1.90 bits per heavy atom. The van der Waals surface area contributed by atoms with E-state index in [-0.39, 0.29) is 17.4 Å². The number of nitrogens with zero attached hydrogens (tertiary/aromatic N) is 2. The van der Waals surface area contributed by atoms with Gasteiger partial charge in [0, 0.05) is 24.7 Å². The molecule has 4 nitrogen and oxygen atoms in total. The van der Waals surface area contributed by atoms with Crippen LogP contribution in [0.25, 0.3) is 0 Å². The second-order valence-electron chi connectivity index (χ2n) is 4.25. The Labute approximate surface area is 120 Å². The Balaban J connectivity index is 2.45. The first kappa shape index (κ1) is 14.3. The van der Waals surface area contributed by atoms with Crippen molar-refractivity contribution in [3.8, 4) is 0 Å². The highest BCUT2D eigenvalue weighted by atomic mass is 35.5. The maximum absolute atomic E-state index is 12.9. The molecule has 0 saturated heterocycles. The van der Waals surface area contributed by atoms with Gasteiger partial charge in [0.1, 0.15) is 11.5 Å². The lowest BCUT2D eigenvalue weighted by molar-refractivity contribution is -0.384. The van der Waals surface area contributed by atoms with Gasteiger partial charge in [0.15, 0.2) is 0 Å². The average Bonchev–Trinajstić information content (AvgIpc) is 2.46. The number of nitro benzene ring substituents is 1. The third kappa shape index (κ3) is 2.88. The number of rotatable bonds is 4. The molecule has 0 saturated carbocycles. The van der Waals surface area contributed by atoms with Crippen LogP contribution in [0.3, 0.4) is 0 Å². The van der Waals surface area contributed by atoms with Crippen LogP contribution in [0.2, 0.25) is 0 Å². The van der Waals surface area contributed by atoms with Crippen LogP contribution in [-0.4, -0.2) is 12.0 Å². The van der Waals surface area contributed by atoms with Crippen molar-refractivity contribution in [1.82, 2.24) is 0 Å². The number of hydrogen-bond donors (Lipinski definition) is 0. The fraction of sp³-hybridized carbons (Fsp3) is 0.143. The van der Waals surface area contributed by atoms with Crippen molar-refractivity contribution >= 4 is 28.7 Å². The summed E-state index contributed by atoms with van der Waals surface area (Å²) in [6.07, 6.45) is 0. The van der Waals surface area contributed by atoms with Crippen molar-refractivity contribution in [1.29, 1.82) is 0 Å². The van der Waals surface area contributed by atoms with E-state index in [1.54, 1.807) is 36.2 Å². The molecule has 0 spiro atoms. The minimum absolute atomic E-state index is 0.0324. The maximum atomic E-state index is 12.9. The van der Waals surface area contributed by atoms with E-state index in [1.807, 2.05) is 0 Å². The molecule has 2 aromatic carbocycles. The molecule has 0 aliphatic rings. The van der Waals surface area contributed by atoms with Gasteiger partial charge in [0.05, 0.1) is 4.92 Å². The summed E-state index contributed by atoms with van der Waals surface area (Å²) in [6.45, 7) is 0. The highest BCUT2D eigenvalue weighted by Crippen LogP contribution is 2.33. The molecule has 0 heterocycles. The molecule has 0 aliphatic carbocycles. The van der Waals surface area contributed by atoms with E-state index in [1.165, 1.54) is 18.2 Å². The summed E-state index contributed by atoms with van der Waals surface area (Å²) in [7, 11) is 1.69. The number of anilines is 2. The van der Waals surface area contributed by atoms with E-state index in [2.05, 4.69) is 0 Å². The Bertz CT molecular complexity index is 632. The molecule has 0 N–H and O–H groups in total. The van der Waals surface area contributed by atoms with Crippen molar-refractivity contribution < 1.29 is 9.31 Å². The van der Waals surface area contributed by atoms with Gasteiger partial charge >= 0.3 is 0 Å². The average molecular weight is 295 g/mol. The minimum atomic E-state index is -0.453. The molecule has 0 radical (unpaired) electrons. The molecule has 2 aromatic rings. The van der Waals surface area contributed by atoms with E-state index in [0.717, 1.165) is 0 Å². The number of hydrogen-bond acceptors (Lipinski definition) is 3. The predicted octanol–water partition coefficient (Wildman–Crippen LogP) is 4.24. The van der Waals surface area contributed by atoms with Crippen LogP contribution in [0.4, 0.5) is 21.5 Å². The molecular weight excluding hydrogens is 283 g/mol. The van der Waals surface area contributed by atoms with Gasteiger partial charge in [0.25, 0.3) is 5.69 Å². The zero-order valence-electron chi connectivity index (χ0n) is 10.7. The maximum Gasteiger partial charge on any atom is 0.293 e. The van der Waals surface area contributed by atoms with Gasteiger partial charge < -0.3 is 4.90 Å². The normalized spacial score (nSPS) is 10.3. The van der Waals surface area contributed by atoms with E-state index in [0.29, 0.717) is 16.9 Å². The van der Waals surface area contributed by atoms with Gasteiger partial charge in [-0.25, -0.2) is 4.39 Å². The first-order chi connectivity index (χ1) is 9.52. The number of benzene rings is 2. The zero-order valence-corrected chi connectivity index (χ0v) is 11.5. The Kier molecular flexibility index (Phi) is 4.20. The Morgan fingerprint density at radius 1 is 1.25 bits per heavy atom. The van der Waals surface area contributed by atoms with Gasteiger partial charge in [0.2, 0.25) is 0 Å². The lowest BCUT2D eigenvalue weighted by atomic mass is 10.1. The summed E-state index contributed by atoms with van der Waals surface area (Å²) in [5.41, 5.74) is 1.73. The monoisotopic (exact) mass is 294 g/mol. The van der Waals surface area contributed by atoms with Crippen molar-refractivity contribution in [2.45, 2.75) is 5.88 Å². The van der Waals surface area contributed by atoms with Gasteiger partial charge in [-0.15, -0.1) is 11.6 Å². The highest BCUT2D eigenvalue weighted by molar-refractivity contribution is 6.17. The van der Waals surface area contributed by atoms with E-state index in [4.69, 9.17) is 11.6 Å². The first-order valence-corrected chi connectivity index (χ1v) is 6.39. The molecule has 0 aromatic heterocycles. The van der Waals surface area contributed by atoms with Crippen LogP contribution in [0.1, 0.15) is 5.56 Å². The smallest absolute Gasteiger partial charge is 0.293 e. The van der Waals surface area contributed by atoms with Crippen molar-refractivity contribution in [3.63, 3.8) is 0 Å². The summed E-state index contributed by atoms with van der Waals surface area (Å²) >= 11 is 5.69. The van der Waals surface area contributed by atoms with Crippen molar-refractivity contribution in [2.24, 2.45) is 0 Å². The minimum Gasteiger partial charge on any atom is -0.339 e. The summed E-state index contributed by atoms with van der Waals surface area (Å²) in [5.74, 6) is -0.143. The van der Waals surface area contributed by atoms with Crippen molar-refractivity contribution in [3.05, 3.63) is 64.0 Å². The fourth-order valence-corrected chi connectivity index (χ4v) is 2.05. The highest BCUT2D eigenvalue weighted by Gasteiger charge is 2.18. The molecule has 0 amide bonds. The van der Waals surface area contributed by atoms with E-state index < -0.39 is 4.92 Å². The van der Waals surface area contributed by atoms with Crippen LogP contribution >= 0.6 is 11.6 Å². The van der Waals surface area contributed by atoms with Crippen molar-refractivity contribution in [2.75, 3.05) is 11.9 Å². The molecule has 104 valence electrons. The summed E-state index contributed by atoms with van der Waals surface area (Å²) in [6, 6.07) is 10.6. The molecule has 0 atom stereocenters. The quantitative estimate of drug-likeness (QED) is 0.481. The second kappa shape index (κ2) is 5.88. The molecule has 0 bridgehead atoms. The summed E-state index contributed by atoms with van der Waals surface area (Å²) in [5, 5.41) is 11.2. The van der Waals surface area contributed by atoms with Crippen LogP contribution in [0.15, 0.2) is 42.5 Å². The van der Waals surface area contributed by atoms with Crippen LogP contribution in [0, 0.1) is 15.9 Å². The van der Waals surface area contributed by atoms with Crippen LogP contribution in [0.5, 0.6) is 0 Å². The molecular formula is C14H12ClFN2O2. The summed E-state index contributed by atoms with van der Waals surface area (Å²) in [4.78, 5) is 12.3. The largest absolute Gasteiger partial charge is 0.339 e. The zero-order chi connectivity index (χ0) is 14.7. The number of halogens is 2. The SMILES string of the molecule is CN(c1ccc(F)cc1)c1ccc(CCl)cc1[N+](=O)[O-]. The molecule has 6 heteroatoms. The molecule has 0 fully saturated rings. The Morgan fingerprint density at radius 3 is 2.45 bits per heavy atom. The predicted molar refractivity (Wildman–Crippen MR) is 77.1 cm³/mol. The fourth-order valence-electron chi connectivity index (χ4n) is 1.89. The van der Waals surface area contributed by atoms with Gasteiger partial charge in [-0.05, 0) is 35.9 Å². The van der Waals surface area contributed by atoms with E-state index in [9.17, 15) is 14.5 Å². The van der Waals surface area contributed by atoms with Gasteiger partial charge in [-0.2, -0.15) is 0 Å². The van der Waals surface area contributed by atoms with Gasteiger partial charge in [-0.3, -0.25) is 10.1 Å². The second-order valence-corrected chi connectivity index (χ2v) is 4.52. The molecule has 2 rings (SSSR count). The Hall–Kier alpha value is -2.14. The number of alkyl halides is 1. The standard InChI is InChI=1S/C14H12ClFN2O2/c1-17(12-5-3-11(16)4-6-12)13-7-2-10(9-15)8-14(13)18(19)20/h2-8H,9H2,1H3. The third-order valence-electron chi connectivity index (χ3n) is 2.97.